The van der Waals surface area contributed by atoms with Gasteiger partial charge in [0.1, 0.15) is 12.1 Å². The van der Waals surface area contributed by atoms with Gasteiger partial charge in [-0.1, -0.05) is 0 Å². The van der Waals surface area contributed by atoms with Crippen LogP contribution in [0.2, 0.25) is 0 Å². The minimum Gasteiger partial charge on any atom is -0.383 e. The van der Waals surface area contributed by atoms with Gasteiger partial charge >= 0.3 is 0 Å². The van der Waals surface area contributed by atoms with Crippen molar-refractivity contribution in [2.24, 2.45) is 5.92 Å². The summed E-state index contributed by atoms with van der Waals surface area (Å²) in [5, 5.41) is 10.6. The lowest BCUT2D eigenvalue weighted by Gasteiger charge is -2.31. The van der Waals surface area contributed by atoms with Crippen molar-refractivity contribution in [3.05, 3.63) is 24.7 Å². The zero-order valence-electron chi connectivity index (χ0n) is 19.8. The van der Waals surface area contributed by atoms with E-state index >= 15 is 0 Å². The fraction of sp³-hybridized carbons (Fsp3) is 0.667. The molecule has 33 heavy (non-hydrogen) atoms. The molecule has 3 heterocycles. The lowest BCUT2D eigenvalue weighted by molar-refractivity contribution is 0.0699. The van der Waals surface area contributed by atoms with Crippen molar-refractivity contribution in [3.63, 3.8) is 0 Å². The Kier molecular flexibility index (Phi) is 8.79. The topological polar surface area (TPSA) is 106 Å². The van der Waals surface area contributed by atoms with Gasteiger partial charge in [-0.05, 0) is 57.4 Å². The number of nitrogens with one attached hydrogen (secondary N) is 3. The summed E-state index contributed by atoms with van der Waals surface area (Å²) >= 11 is 0. The fourth-order valence-electron chi connectivity index (χ4n) is 4.65. The van der Waals surface area contributed by atoms with Crippen molar-refractivity contribution < 1.29 is 9.47 Å². The number of hydrogen-bond acceptors (Lipinski definition) is 9. The summed E-state index contributed by atoms with van der Waals surface area (Å²) in [7, 11) is 1.75. The van der Waals surface area contributed by atoms with E-state index in [1.807, 2.05) is 12.1 Å². The maximum absolute atomic E-state index is 5.44. The predicted octanol–water partition coefficient (Wildman–Crippen LogP) is 3.12. The standard InChI is InChI=1S/C24H37N7O2/c1-17(15-32-2)29-19-3-5-20(6-4-19)30-24-25-10-7-21(31-24)22-13-23(28-16-27-22)26-14-18-8-11-33-12-9-18/h7,10,13,16-20,29H,3-6,8-9,11-12,14-15H2,1-2H3,(H,25,30,31)(H,26,27,28)/t17-,19?,20?/m1/s1. The summed E-state index contributed by atoms with van der Waals surface area (Å²) in [6, 6.07) is 5.18. The Morgan fingerprint density at radius 3 is 2.61 bits per heavy atom. The van der Waals surface area contributed by atoms with Gasteiger partial charge < -0.3 is 25.4 Å². The van der Waals surface area contributed by atoms with Gasteiger partial charge in [-0.15, -0.1) is 0 Å². The summed E-state index contributed by atoms with van der Waals surface area (Å²) in [6.07, 6.45) is 10.0. The molecule has 0 amide bonds. The molecule has 2 aromatic heterocycles. The Hall–Kier alpha value is -2.36. The Balaban J connectivity index is 1.30. The highest BCUT2D eigenvalue weighted by Crippen LogP contribution is 2.23. The highest BCUT2D eigenvalue weighted by Gasteiger charge is 2.23. The lowest BCUT2D eigenvalue weighted by atomic mass is 9.91. The van der Waals surface area contributed by atoms with Gasteiger partial charge in [-0.25, -0.2) is 19.9 Å². The van der Waals surface area contributed by atoms with Crippen LogP contribution in [0.4, 0.5) is 11.8 Å². The van der Waals surface area contributed by atoms with Crippen LogP contribution in [0.1, 0.15) is 45.4 Å². The molecule has 1 saturated carbocycles. The van der Waals surface area contributed by atoms with E-state index in [2.05, 4.69) is 37.8 Å². The van der Waals surface area contributed by atoms with Crippen molar-refractivity contribution in [2.45, 2.75) is 63.6 Å². The second-order valence-electron chi connectivity index (χ2n) is 9.21. The quantitative estimate of drug-likeness (QED) is 0.498. The predicted molar refractivity (Wildman–Crippen MR) is 129 cm³/mol. The molecule has 0 radical (unpaired) electrons. The van der Waals surface area contributed by atoms with Crippen molar-refractivity contribution in [1.29, 1.82) is 0 Å². The third-order valence-corrected chi connectivity index (χ3v) is 6.50. The van der Waals surface area contributed by atoms with Crippen LogP contribution in [0.25, 0.3) is 11.4 Å². The molecule has 0 unspecified atom stereocenters. The fourth-order valence-corrected chi connectivity index (χ4v) is 4.65. The zero-order valence-corrected chi connectivity index (χ0v) is 19.8. The Bertz CT molecular complexity index is 854. The van der Waals surface area contributed by atoms with Crippen molar-refractivity contribution in [3.8, 4) is 11.4 Å². The van der Waals surface area contributed by atoms with E-state index in [-0.39, 0.29) is 0 Å². The zero-order chi connectivity index (χ0) is 22.9. The molecule has 0 aromatic carbocycles. The molecular formula is C24H37N7O2. The maximum atomic E-state index is 5.44. The van der Waals surface area contributed by atoms with Gasteiger partial charge in [0.15, 0.2) is 0 Å². The van der Waals surface area contributed by atoms with Crippen LogP contribution >= 0.6 is 0 Å². The van der Waals surface area contributed by atoms with Gasteiger partial charge in [-0.2, -0.15) is 0 Å². The third-order valence-electron chi connectivity index (χ3n) is 6.50. The first-order valence-corrected chi connectivity index (χ1v) is 12.2. The first kappa shape index (κ1) is 23.8. The van der Waals surface area contributed by atoms with Crippen LogP contribution in [-0.4, -0.2) is 71.5 Å². The van der Waals surface area contributed by atoms with E-state index in [4.69, 9.17) is 14.5 Å². The SMILES string of the molecule is COC[C@@H](C)NC1CCC(Nc2nccc(-c3cc(NCC4CCOCC4)ncn3)n2)CC1. The van der Waals surface area contributed by atoms with Gasteiger partial charge in [0.25, 0.3) is 0 Å². The lowest BCUT2D eigenvalue weighted by Crippen LogP contribution is -2.43. The molecule has 2 fully saturated rings. The maximum Gasteiger partial charge on any atom is 0.223 e. The van der Waals surface area contributed by atoms with Crippen LogP contribution in [0, 0.1) is 5.92 Å². The molecule has 0 bridgehead atoms. The number of rotatable bonds is 10. The highest BCUT2D eigenvalue weighted by atomic mass is 16.5. The number of anilines is 2. The molecular weight excluding hydrogens is 418 g/mol. The van der Waals surface area contributed by atoms with Crippen LogP contribution in [0.3, 0.4) is 0 Å². The van der Waals surface area contributed by atoms with Gasteiger partial charge in [-0.3, -0.25) is 0 Å². The summed E-state index contributed by atoms with van der Waals surface area (Å²) in [4.78, 5) is 18.0. The molecule has 2 aromatic rings. The molecule has 3 N–H and O–H groups in total. The van der Waals surface area contributed by atoms with E-state index < -0.39 is 0 Å². The third kappa shape index (κ3) is 7.31. The van der Waals surface area contributed by atoms with Gasteiger partial charge in [0.2, 0.25) is 5.95 Å². The van der Waals surface area contributed by atoms with Crippen molar-refractivity contribution >= 4 is 11.8 Å². The van der Waals surface area contributed by atoms with Gasteiger partial charge in [0.05, 0.1) is 18.0 Å². The minimum absolute atomic E-state index is 0.383. The molecule has 1 atom stereocenters. The van der Waals surface area contributed by atoms with Crippen LogP contribution in [0.5, 0.6) is 0 Å². The molecule has 2 aliphatic rings. The number of methoxy groups -OCH3 is 1. The molecule has 180 valence electrons. The van der Waals surface area contributed by atoms with Crippen molar-refractivity contribution in [1.82, 2.24) is 25.3 Å². The van der Waals surface area contributed by atoms with E-state index in [0.717, 1.165) is 82.1 Å². The molecule has 1 aliphatic carbocycles. The number of aromatic nitrogens is 4. The molecule has 4 rings (SSSR count). The smallest absolute Gasteiger partial charge is 0.223 e. The second kappa shape index (κ2) is 12.2. The molecule has 9 nitrogen and oxygen atoms in total. The molecule has 1 aliphatic heterocycles. The Labute approximate surface area is 196 Å². The number of hydrogen-bond donors (Lipinski definition) is 3. The summed E-state index contributed by atoms with van der Waals surface area (Å²) in [5.74, 6) is 2.11. The molecule has 0 spiro atoms. The van der Waals surface area contributed by atoms with Crippen molar-refractivity contribution in [2.75, 3.05) is 44.1 Å². The van der Waals surface area contributed by atoms with E-state index in [9.17, 15) is 0 Å². The second-order valence-corrected chi connectivity index (χ2v) is 9.21. The van der Waals surface area contributed by atoms with Gasteiger partial charge in [0, 0.05) is 57.3 Å². The average Bonchev–Trinajstić information content (AvgIpc) is 2.85. The first-order chi connectivity index (χ1) is 16.2. The first-order valence-electron chi connectivity index (χ1n) is 12.2. The number of nitrogens with zero attached hydrogens (tertiary/aromatic N) is 4. The molecule has 9 heteroatoms. The average molecular weight is 456 g/mol. The Morgan fingerprint density at radius 2 is 1.82 bits per heavy atom. The number of ether oxygens (including phenoxy) is 2. The Morgan fingerprint density at radius 1 is 1.03 bits per heavy atom. The monoisotopic (exact) mass is 455 g/mol. The minimum atomic E-state index is 0.383. The summed E-state index contributed by atoms with van der Waals surface area (Å²) < 4.78 is 10.7. The largest absolute Gasteiger partial charge is 0.383 e. The van der Waals surface area contributed by atoms with E-state index in [1.165, 1.54) is 0 Å². The van der Waals surface area contributed by atoms with Crippen LogP contribution in [-0.2, 0) is 9.47 Å². The van der Waals surface area contributed by atoms with Crippen LogP contribution in [0.15, 0.2) is 24.7 Å². The summed E-state index contributed by atoms with van der Waals surface area (Å²) in [5.41, 5.74) is 1.60. The normalized spacial score (nSPS) is 22.6. The molecule has 1 saturated heterocycles. The van der Waals surface area contributed by atoms with Crippen LogP contribution < -0.4 is 16.0 Å². The van der Waals surface area contributed by atoms with E-state index in [1.54, 1.807) is 19.6 Å². The van der Waals surface area contributed by atoms with E-state index in [0.29, 0.717) is 30.0 Å². The summed E-state index contributed by atoms with van der Waals surface area (Å²) in [6.45, 7) is 5.52. The highest BCUT2D eigenvalue weighted by molar-refractivity contribution is 5.59.